The van der Waals surface area contributed by atoms with Crippen LogP contribution in [0.3, 0.4) is 0 Å². The van der Waals surface area contributed by atoms with Crippen LogP contribution in [0.1, 0.15) is 25.2 Å². The molecule has 0 atom stereocenters. The van der Waals surface area contributed by atoms with Crippen LogP contribution in [-0.2, 0) is 17.8 Å². The molecule has 1 heterocycles. The minimum absolute atomic E-state index is 0.0595. The molecule has 3 aromatic rings. The molecule has 1 aromatic heterocycles. The van der Waals surface area contributed by atoms with Gasteiger partial charge in [-0.25, -0.2) is 4.98 Å². The lowest BCUT2D eigenvalue weighted by Gasteiger charge is -2.13. The fourth-order valence-corrected chi connectivity index (χ4v) is 3.26. The first-order chi connectivity index (χ1) is 14.5. The van der Waals surface area contributed by atoms with Crippen molar-refractivity contribution in [3.8, 4) is 11.5 Å². The van der Waals surface area contributed by atoms with E-state index in [-0.39, 0.29) is 18.0 Å². The monoisotopic (exact) mass is 409 g/mol. The minimum Gasteiger partial charge on any atom is -0.490 e. The highest BCUT2D eigenvalue weighted by molar-refractivity contribution is 5.79. The molecule has 0 saturated heterocycles. The Kier molecular flexibility index (Phi) is 7.06. The Labute approximate surface area is 175 Å². The van der Waals surface area contributed by atoms with Gasteiger partial charge < -0.3 is 14.8 Å². The van der Waals surface area contributed by atoms with Gasteiger partial charge in [0.05, 0.1) is 24.1 Å². The molecule has 0 spiro atoms. The molecular formula is C23H27N3O4. The third-order valence-corrected chi connectivity index (χ3v) is 4.70. The van der Waals surface area contributed by atoms with E-state index in [4.69, 9.17) is 9.47 Å². The number of para-hydroxylation sites is 1. The van der Waals surface area contributed by atoms with Crippen LogP contribution in [-0.4, -0.2) is 35.2 Å². The van der Waals surface area contributed by atoms with E-state index in [0.717, 1.165) is 5.56 Å². The second-order valence-electron chi connectivity index (χ2n) is 6.81. The van der Waals surface area contributed by atoms with Gasteiger partial charge in [-0.05, 0) is 57.0 Å². The molecule has 0 fully saturated rings. The lowest BCUT2D eigenvalue weighted by Crippen LogP contribution is -2.34. The number of aromatic nitrogens is 2. The molecule has 0 saturated carbocycles. The van der Waals surface area contributed by atoms with E-state index in [1.165, 1.54) is 4.57 Å². The fourth-order valence-electron chi connectivity index (χ4n) is 3.26. The van der Waals surface area contributed by atoms with Gasteiger partial charge in [-0.2, -0.15) is 0 Å². The maximum Gasteiger partial charge on any atom is 0.261 e. The first-order valence-electron chi connectivity index (χ1n) is 10.1. The number of benzene rings is 2. The SMILES string of the molecule is CCOc1ccc(CCNC(=O)Cn2c(C)nc3ccccc3c2=O)cc1OCC. The lowest BCUT2D eigenvalue weighted by atomic mass is 10.1. The van der Waals surface area contributed by atoms with E-state index in [2.05, 4.69) is 10.3 Å². The number of carbonyl (C=O) groups excluding carboxylic acids is 1. The molecule has 1 amide bonds. The molecule has 7 heteroatoms. The highest BCUT2D eigenvalue weighted by Crippen LogP contribution is 2.28. The number of hydrogen-bond donors (Lipinski definition) is 1. The van der Waals surface area contributed by atoms with Crippen molar-refractivity contribution in [2.75, 3.05) is 19.8 Å². The van der Waals surface area contributed by atoms with Crippen molar-refractivity contribution in [3.63, 3.8) is 0 Å². The lowest BCUT2D eigenvalue weighted by molar-refractivity contribution is -0.121. The Hall–Kier alpha value is -3.35. The predicted octanol–water partition coefficient (Wildman–Crippen LogP) is 2.86. The molecule has 0 aliphatic carbocycles. The summed E-state index contributed by atoms with van der Waals surface area (Å²) in [5, 5.41) is 3.38. The molecule has 30 heavy (non-hydrogen) atoms. The van der Waals surface area contributed by atoms with Crippen LogP contribution in [0.2, 0.25) is 0 Å². The van der Waals surface area contributed by atoms with Gasteiger partial charge in [-0.3, -0.25) is 14.2 Å². The normalized spacial score (nSPS) is 10.8. The fraction of sp³-hybridized carbons (Fsp3) is 0.348. The number of ether oxygens (including phenoxy) is 2. The highest BCUT2D eigenvalue weighted by Gasteiger charge is 2.11. The van der Waals surface area contributed by atoms with Gasteiger partial charge in [0.25, 0.3) is 5.56 Å². The summed E-state index contributed by atoms with van der Waals surface area (Å²) in [5.41, 5.74) is 1.46. The van der Waals surface area contributed by atoms with E-state index in [9.17, 15) is 9.59 Å². The second kappa shape index (κ2) is 9.91. The predicted molar refractivity (Wildman–Crippen MR) is 116 cm³/mol. The topological polar surface area (TPSA) is 82.5 Å². The number of fused-ring (bicyclic) bond motifs is 1. The molecule has 0 radical (unpaired) electrons. The summed E-state index contributed by atoms with van der Waals surface area (Å²) in [4.78, 5) is 29.5. The Morgan fingerprint density at radius 1 is 1.07 bits per heavy atom. The van der Waals surface area contributed by atoms with E-state index < -0.39 is 0 Å². The molecule has 3 rings (SSSR count). The third-order valence-electron chi connectivity index (χ3n) is 4.70. The third kappa shape index (κ3) is 4.97. The van der Waals surface area contributed by atoms with E-state index in [1.807, 2.05) is 38.1 Å². The quantitative estimate of drug-likeness (QED) is 0.588. The zero-order valence-corrected chi connectivity index (χ0v) is 17.6. The van der Waals surface area contributed by atoms with Gasteiger partial charge in [0, 0.05) is 6.54 Å². The maximum atomic E-state index is 12.7. The van der Waals surface area contributed by atoms with Crippen LogP contribution < -0.4 is 20.3 Å². The summed E-state index contributed by atoms with van der Waals surface area (Å²) in [6.07, 6.45) is 0.641. The van der Waals surface area contributed by atoms with Crippen molar-refractivity contribution in [1.29, 1.82) is 0 Å². The summed E-state index contributed by atoms with van der Waals surface area (Å²) < 4.78 is 12.6. The van der Waals surface area contributed by atoms with Crippen LogP contribution in [0.15, 0.2) is 47.3 Å². The van der Waals surface area contributed by atoms with Crippen LogP contribution in [0.5, 0.6) is 11.5 Å². The Morgan fingerprint density at radius 3 is 2.57 bits per heavy atom. The van der Waals surface area contributed by atoms with Crippen LogP contribution in [0, 0.1) is 6.92 Å². The minimum atomic E-state index is -0.228. The zero-order valence-electron chi connectivity index (χ0n) is 17.6. The zero-order chi connectivity index (χ0) is 21.5. The van der Waals surface area contributed by atoms with Crippen LogP contribution in [0.25, 0.3) is 10.9 Å². The number of amides is 1. The van der Waals surface area contributed by atoms with Crippen LogP contribution in [0.4, 0.5) is 0 Å². The first-order valence-corrected chi connectivity index (χ1v) is 10.1. The second-order valence-corrected chi connectivity index (χ2v) is 6.81. The Bertz CT molecular complexity index is 1090. The molecule has 0 bridgehead atoms. The van der Waals surface area contributed by atoms with Gasteiger partial charge in [-0.1, -0.05) is 18.2 Å². The molecule has 7 nitrogen and oxygen atoms in total. The molecule has 0 aliphatic heterocycles. The summed E-state index contributed by atoms with van der Waals surface area (Å²) >= 11 is 0. The highest BCUT2D eigenvalue weighted by atomic mass is 16.5. The summed E-state index contributed by atoms with van der Waals surface area (Å²) in [7, 11) is 0. The summed E-state index contributed by atoms with van der Waals surface area (Å²) in [5.74, 6) is 1.70. The number of nitrogens with zero attached hydrogens (tertiary/aromatic N) is 2. The number of rotatable bonds is 9. The van der Waals surface area contributed by atoms with Gasteiger partial charge in [0.15, 0.2) is 11.5 Å². The summed E-state index contributed by atoms with van der Waals surface area (Å²) in [6.45, 7) is 7.09. The van der Waals surface area contributed by atoms with Gasteiger partial charge >= 0.3 is 0 Å². The number of nitrogens with one attached hydrogen (secondary N) is 1. The molecule has 158 valence electrons. The number of carbonyl (C=O) groups is 1. The number of aryl methyl sites for hydroxylation is 1. The molecule has 0 aliphatic rings. The molecule has 2 aromatic carbocycles. The molecule has 1 N–H and O–H groups in total. The van der Waals surface area contributed by atoms with Gasteiger partial charge in [0.2, 0.25) is 5.91 Å². The van der Waals surface area contributed by atoms with E-state index in [1.54, 1.807) is 25.1 Å². The Morgan fingerprint density at radius 2 is 1.80 bits per heavy atom. The van der Waals surface area contributed by atoms with Crippen molar-refractivity contribution in [1.82, 2.24) is 14.9 Å². The van der Waals surface area contributed by atoms with Crippen molar-refractivity contribution < 1.29 is 14.3 Å². The van der Waals surface area contributed by atoms with E-state index in [0.29, 0.717) is 54.4 Å². The van der Waals surface area contributed by atoms with Crippen molar-refractivity contribution in [2.45, 2.75) is 33.7 Å². The van der Waals surface area contributed by atoms with Crippen LogP contribution >= 0.6 is 0 Å². The number of hydrogen-bond acceptors (Lipinski definition) is 5. The average molecular weight is 409 g/mol. The van der Waals surface area contributed by atoms with Crippen molar-refractivity contribution in [2.24, 2.45) is 0 Å². The standard InChI is InChI=1S/C23H27N3O4/c1-4-29-20-11-10-17(14-21(20)30-5-2)12-13-24-22(27)15-26-16(3)25-19-9-7-6-8-18(19)23(26)28/h6-11,14H,4-5,12-13,15H2,1-3H3,(H,24,27). The largest absolute Gasteiger partial charge is 0.490 e. The summed E-state index contributed by atoms with van der Waals surface area (Å²) in [6, 6.07) is 12.9. The average Bonchev–Trinajstić information content (AvgIpc) is 2.73. The Balaban J connectivity index is 1.62. The molecular weight excluding hydrogens is 382 g/mol. The first kappa shape index (κ1) is 21.4. The van der Waals surface area contributed by atoms with Gasteiger partial charge in [0.1, 0.15) is 12.4 Å². The maximum absolute atomic E-state index is 12.7. The smallest absolute Gasteiger partial charge is 0.261 e. The van der Waals surface area contributed by atoms with E-state index >= 15 is 0 Å². The van der Waals surface area contributed by atoms with Crippen molar-refractivity contribution in [3.05, 3.63) is 64.2 Å². The van der Waals surface area contributed by atoms with Crippen molar-refractivity contribution >= 4 is 16.8 Å². The van der Waals surface area contributed by atoms with Gasteiger partial charge in [-0.15, -0.1) is 0 Å². The molecule has 0 unspecified atom stereocenters.